The van der Waals surface area contributed by atoms with Gasteiger partial charge in [-0.3, -0.25) is 4.79 Å². The highest BCUT2D eigenvalue weighted by Crippen LogP contribution is 2.39. The summed E-state index contributed by atoms with van der Waals surface area (Å²) in [5.41, 5.74) is 0.475. The molecular formula is C13H19ClO2Si. The monoisotopic (exact) mass is 270 g/mol. The summed E-state index contributed by atoms with van der Waals surface area (Å²) in [6.45, 7) is 10.8. The molecule has 0 fully saturated rings. The zero-order chi connectivity index (χ0) is 13.3. The van der Waals surface area contributed by atoms with Gasteiger partial charge >= 0.3 is 0 Å². The minimum absolute atomic E-state index is 0.105. The van der Waals surface area contributed by atoms with Crippen LogP contribution in [0.5, 0.6) is 5.75 Å². The Kier molecular flexibility index (Phi) is 4.05. The maximum atomic E-state index is 10.8. The Morgan fingerprint density at radius 1 is 1.29 bits per heavy atom. The molecule has 0 atom stereocenters. The Morgan fingerprint density at radius 3 is 2.35 bits per heavy atom. The molecule has 0 heterocycles. The first-order chi connectivity index (χ1) is 7.69. The zero-order valence-electron chi connectivity index (χ0n) is 11.0. The fourth-order valence-corrected chi connectivity index (χ4v) is 2.43. The fourth-order valence-electron chi connectivity index (χ4n) is 1.13. The Balaban J connectivity index is 3.08. The van der Waals surface area contributed by atoms with Crippen LogP contribution in [0.1, 0.15) is 31.1 Å². The van der Waals surface area contributed by atoms with Crippen molar-refractivity contribution in [1.29, 1.82) is 0 Å². The van der Waals surface area contributed by atoms with E-state index in [1.807, 2.05) is 6.07 Å². The Morgan fingerprint density at radius 2 is 1.88 bits per heavy atom. The summed E-state index contributed by atoms with van der Waals surface area (Å²) >= 11 is 6.13. The molecule has 4 heteroatoms. The van der Waals surface area contributed by atoms with Gasteiger partial charge in [-0.15, -0.1) is 0 Å². The predicted molar refractivity (Wildman–Crippen MR) is 74.7 cm³/mol. The van der Waals surface area contributed by atoms with Crippen LogP contribution in [0.2, 0.25) is 23.2 Å². The molecule has 0 aliphatic rings. The lowest BCUT2D eigenvalue weighted by Crippen LogP contribution is -2.43. The summed E-state index contributed by atoms with van der Waals surface area (Å²) in [4.78, 5) is 10.8. The van der Waals surface area contributed by atoms with E-state index in [1.165, 1.54) is 0 Å². The first kappa shape index (κ1) is 14.3. The number of rotatable bonds is 3. The molecule has 0 spiro atoms. The van der Waals surface area contributed by atoms with E-state index in [1.54, 1.807) is 12.1 Å². The van der Waals surface area contributed by atoms with Gasteiger partial charge in [0.05, 0.1) is 5.02 Å². The van der Waals surface area contributed by atoms with Crippen molar-refractivity contribution in [2.45, 2.75) is 38.9 Å². The van der Waals surface area contributed by atoms with E-state index in [2.05, 4.69) is 33.9 Å². The van der Waals surface area contributed by atoms with Crippen LogP contribution in [0.3, 0.4) is 0 Å². The second-order valence-corrected chi connectivity index (χ2v) is 10.7. The molecule has 0 aliphatic carbocycles. The molecule has 0 bridgehead atoms. The van der Waals surface area contributed by atoms with Crippen molar-refractivity contribution in [2.24, 2.45) is 0 Å². The van der Waals surface area contributed by atoms with Crippen LogP contribution < -0.4 is 4.43 Å². The first-order valence-electron chi connectivity index (χ1n) is 5.62. The van der Waals surface area contributed by atoms with Crippen molar-refractivity contribution >= 4 is 26.2 Å². The highest BCUT2D eigenvalue weighted by atomic mass is 35.5. The van der Waals surface area contributed by atoms with Crippen LogP contribution in [0, 0.1) is 0 Å². The molecule has 0 aromatic heterocycles. The normalized spacial score (nSPS) is 12.4. The van der Waals surface area contributed by atoms with Crippen LogP contribution in [-0.4, -0.2) is 14.6 Å². The van der Waals surface area contributed by atoms with Crippen LogP contribution in [-0.2, 0) is 0 Å². The fraction of sp³-hybridized carbons (Fsp3) is 0.462. The highest BCUT2D eigenvalue weighted by molar-refractivity contribution is 6.74. The maximum Gasteiger partial charge on any atom is 0.250 e. The van der Waals surface area contributed by atoms with Crippen molar-refractivity contribution in [3.05, 3.63) is 28.8 Å². The quantitative estimate of drug-likeness (QED) is 0.596. The summed E-state index contributed by atoms with van der Waals surface area (Å²) in [5, 5.41) is 0.514. The van der Waals surface area contributed by atoms with Gasteiger partial charge in [-0.25, -0.2) is 0 Å². The topological polar surface area (TPSA) is 26.3 Å². The molecule has 1 aromatic rings. The van der Waals surface area contributed by atoms with Gasteiger partial charge in [-0.1, -0.05) is 38.4 Å². The van der Waals surface area contributed by atoms with Gasteiger partial charge in [0, 0.05) is 5.56 Å². The van der Waals surface area contributed by atoms with Crippen LogP contribution in [0.4, 0.5) is 0 Å². The predicted octanol–water partition coefficient (Wildman–Crippen LogP) is 4.54. The first-order valence-corrected chi connectivity index (χ1v) is 8.90. The smallest absolute Gasteiger partial charge is 0.250 e. The average molecular weight is 271 g/mol. The van der Waals surface area contributed by atoms with Gasteiger partial charge in [0.1, 0.15) is 5.75 Å². The zero-order valence-corrected chi connectivity index (χ0v) is 12.8. The molecular weight excluding hydrogens is 252 g/mol. The van der Waals surface area contributed by atoms with Crippen molar-refractivity contribution in [2.75, 3.05) is 0 Å². The molecule has 94 valence electrons. The molecule has 1 aromatic carbocycles. The van der Waals surface area contributed by atoms with E-state index in [9.17, 15) is 4.79 Å². The van der Waals surface area contributed by atoms with E-state index in [0.717, 1.165) is 6.29 Å². The third kappa shape index (κ3) is 3.10. The molecule has 2 nitrogen and oxygen atoms in total. The third-order valence-electron chi connectivity index (χ3n) is 3.29. The van der Waals surface area contributed by atoms with Gasteiger partial charge in [-0.05, 0) is 30.3 Å². The van der Waals surface area contributed by atoms with Crippen molar-refractivity contribution < 1.29 is 9.22 Å². The lowest BCUT2D eigenvalue weighted by Gasteiger charge is -2.36. The van der Waals surface area contributed by atoms with Crippen molar-refractivity contribution in [3.8, 4) is 5.75 Å². The number of hydrogen-bond donors (Lipinski definition) is 0. The van der Waals surface area contributed by atoms with Crippen molar-refractivity contribution in [3.63, 3.8) is 0 Å². The Hall–Kier alpha value is -0.803. The molecule has 0 unspecified atom stereocenters. The Bertz CT molecular complexity index is 422. The molecule has 0 radical (unpaired) electrons. The third-order valence-corrected chi connectivity index (χ3v) is 8.04. The molecule has 0 amide bonds. The minimum Gasteiger partial charge on any atom is -0.542 e. The summed E-state index contributed by atoms with van der Waals surface area (Å²) in [5.74, 6) is 0.614. The molecule has 1 rings (SSSR count). The lowest BCUT2D eigenvalue weighted by atomic mass is 10.2. The van der Waals surface area contributed by atoms with Gasteiger partial charge in [0.15, 0.2) is 6.29 Å². The van der Waals surface area contributed by atoms with Crippen LogP contribution in [0.15, 0.2) is 18.2 Å². The average Bonchev–Trinajstić information content (AvgIpc) is 2.19. The van der Waals surface area contributed by atoms with Gasteiger partial charge in [0.2, 0.25) is 0 Å². The van der Waals surface area contributed by atoms with Crippen LogP contribution >= 0.6 is 11.6 Å². The number of halogens is 1. The summed E-state index contributed by atoms with van der Waals surface area (Å²) < 4.78 is 6.09. The maximum absolute atomic E-state index is 10.8. The lowest BCUT2D eigenvalue weighted by molar-refractivity contribution is 0.112. The standard InChI is InChI=1S/C13H19ClO2Si/c1-13(2,3)17(4,5)16-11-8-6-7-10(9-15)12(11)14/h6-9H,1-5H3. The second-order valence-electron chi connectivity index (χ2n) is 5.64. The number of hydrogen-bond acceptors (Lipinski definition) is 2. The molecule has 0 saturated heterocycles. The number of benzene rings is 1. The molecule has 0 saturated carbocycles. The molecule has 0 N–H and O–H groups in total. The van der Waals surface area contributed by atoms with Crippen molar-refractivity contribution in [1.82, 2.24) is 0 Å². The van der Waals surface area contributed by atoms with Gasteiger partial charge in [0.25, 0.3) is 8.32 Å². The number of carbonyl (C=O) groups excluding carboxylic acids is 1. The second kappa shape index (κ2) is 4.82. The largest absolute Gasteiger partial charge is 0.542 e. The van der Waals surface area contributed by atoms with Gasteiger partial charge in [-0.2, -0.15) is 0 Å². The van der Waals surface area contributed by atoms with E-state index < -0.39 is 8.32 Å². The highest BCUT2D eigenvalue weighted by Gasteiger charge is 2.39. The summed E-state index contributed by atoms with van der Waals surface area (Å²) in [7, 11) is -1.91. The molecule has 17 heavy (non-hydrogen) atoms. The minimum atomic E-state index is -1.91. The number of carbonyl (C=O) groups is 1. The van der Waals surface area contributed by atoms with Crippen LogP contribution in [0.25, 0.3) is 0 Å². The SMILES string of the molecule is CC(C)(C)[Si](C)(C)Oc1cccc(C=O)c1Cl. The van der Waals surface area contributed by atoms with E-state index in [4.69, 9.17) is 16.0 Å². The van der Waals surface area contributed by atoms with E-state index in [-0.39, 0.29) is 5.04 Å². The van der Waals surface area contributed by atoms with E-state index >= 15 is 0 Å². The van der Waals surface area contributed by atoms with E-state index in [0.29, 0.717) is 16.3 Å². The summed E-state index contributed by atoms with van der Waals surface area (Å²) in [6.07, 6.45) is 0.751. The molecule has 0 aliphatic heterocycles. The van der Waals surface area contributed by atoms with Gasteiger partial charge < -0.3 is 4.43 Å². The number of aldehydes is 1. The summed E-state index contributed by atoms with van der Waals surface area (Å²) in [6, 6.07) is 5.29. The Labute approximate surface area is 109 Å².